The zero-order valence-electron chi connectivity index (χ0n) is 13.4. The zero-order valence-corrected chi connectivity index (χ0v) is 13.4. The summed E-state index contributed by atoms with van der Waals surface area (Å²) in [6.07, 6.45) is 3.70. The fourth-order valence-electron chi connectivity index (χ4n) is 2.92. The minimum absolute atomic E-state index is 0.00853. The van der Waals surface area contributed by atoms with Crippen LogP contribution in [0.4, 0.5) is 5.82 Å². The van der Waals surface area contributed by atoms with Crippen molar-refractivity contribution < 1.29 is 14.6 Å². The number of hydrogen-bond donors (Lipinski definition) is 2. The molecule has 123 valence electrons. The first kappa shape index (κ1) is 16.9. The Hall–Kier alpha value is -1.90. The Bertz CT molecular complexity index is 740. The van der Waals surface area contributed by atoms with Gasteiger partial charge in [-0.3, -0.25) is 0 Å². The summed E-state index contributed by atoms with van der Waals surface area (Å²) in [5.41, 5.74) is 1.17. The van der Waals surface area contributed by atoms with Crippen molar-refractivity contribution in [1.82, 2.24) is 19.5 Å². The van der Waals surface area contributed by atoms with E-state index in [1.807, 2.05) is 6.92 Å². The van der Waals surface area contributed by atoms with E-state index in [9.17, 15) is 5.11 Å². The number of imidazole rings is 1. The van der Waals surface area contributed by atoms with E-state index >= 15 is 0 Å². The molecule has 1 saturated heterocycles. The Balaban J connectivity index is 1.99. The van der Waals surface area contributed by atoms with E-state index < -0.39 is 6.23 Å². The molecule has 24 heavy (non-hydrogen) atoms. The summed E-state index contributed by atoms with van der Waals surface area (Å²) < 4.78 is 13.6. The van der Waals surface area contributed by atoms with Gasteiger partial charge in [-0.15, -0.1) is 0 Å². The molecule has 0 aromatic carbocycles. The van der Waals surface area contributed by atoms with Crippen LogP contribution in [0.25, 0.3) is 11.2 Å². The molecule has 1 aliphatic heterocycles. The number of nitrogens with zero attached hydrogens (tertiary/aromatic N) is 4. The van der Waals surface area contributed by atoms with E-state index in [-0.39, 0.29) is 24.7 Å². The van der Waals surface area contributed by atoms with Crippen LogP contribution in [0.15, 0.2) is 25.3 Å². The number of rotatable bonds is 7. The Morgan fingerprint density at radius 3 is 3.08 bits per heavy atom. The molecule has 2 aromatic rings. The van der Waals surface area contributed by atoms with Crippen LogP contribution in [0.1, 0.15) is 13.2 Å². The van der Waals surface area contributed by atoms with Crippen LogP contribution in [0.3, 0.4) is 0 Å². The van der Waals surface area contributed by atoms with Crippen molar-refractivity contribution in [3.8, 4) is 0 Å². The second kappa shape index (κ2) is 7.33. The maximum absolute atomic E-state index is 9.54. The third-order valence-electron chi connectivity index (χ3n) is 4.14. The van der Waals surface area contributed by atoms with Crippen LogP contribution in [-0.4, -0.2) is 64.4 Å². The summed E-state index contributed by atoms with van der Waals surface area (Å²) in [4.78, 5) is 12.8. The molecule has 1 fully saturated rings. The van der Waals surface area contributed by atoms with Gasteiger partial charge < -0.3 is 0 Å². The molecule has 2 N–H and O–H groups in total. The predicted octanol–water partition coefficient (Wildman–Crippen LogP) is 0.0379. The van der Waals surface area contributed by atoms with Crippen molar-refractivity contribution in [1.29, 1.82) is 0 Å². The first-order chi connectivity index (χ1) is 11.7. The second-order valence-corrected chi connectivity index (χ2v) is 5.55. The van der Waals surface area contributed by atoms with Gasteiger partial charge in [-0.25, -0.2) is 0 Å². The van der Waals surface area contributed by atoms with E-state index in [0.717, 1.165) is 0 Å². The summed E-state index contributed by atoms with van der Waals surface area (Å²) in [7, 11) is 5.40. The van der Waals surface area contributed by atoms with E-state index in [1.54, 1.807) is 17.0 Å². The van der Waals surface area contributed by atoms with Crippen LogP contribution in [-0.2, 0) is 9.47 Å². The van der Waals surface area contributed by atoms with Gasteiger partial charge in [0.1, 0.15) is 0 Å². The van der Waals surface area contributed by atoms with Crippen LogP contribution >= 0.6 is 0 Å². The normalized spacial score (nSPS) is 26.4. The summed E-state index contributed by atoms with van der Waals surface area (Å²) in [5.74, 6) is 0.517. The minimum atomic E-state index is -0.452. The van der Waals surface area contributed by atoms with Gasteiger partial charge in [0.15, 0.2) is 0 Å². The van der Waals surface area contributed by atoms with Crippen LogP contribution in [0, 0.1) is 5.92 Å². The molecule has 4 atom stereocenters. The number of fused-ring (bicyclic) bond motifs is 1. The Morgan fingerprint density at radius 1 is 1.54 bits per heavy atom. The van der Waals surface area contributed by atoms with Crippen LogP contribution in [0.2, 0.25) is 0 Å². The second-order valence-electron chi connectivity index (χ2n) is 5.55. The maximum atomic E-state index is 9.54. The molecule has 0 aliphatic carbocycles. The van der Waals surface area contributed by atoms with Gasteiger partial charge in [0.05, 0.1) is 0 Å². The van der Waals surface area contributed by atoms with Gasteiger partial charge in [-0.1, -0.05) is 0 Å². The number of aromatic nitrogens is 4. The van der Waals surface area contributed by atoms with E-state index in [4.69, 9.17) is 16.8 Å². The molecule has 0 saturated carbocycles. The average Bonchev–Trinajstić information content (AvgIpc) is 3.15. The number of ether oxygens (including phenoxy) is 2. The van der Waals surface area contributed by atoms with Crippen molar-refractivity contribution in [2.45, 2.75) is 25.4 Å². The van der Waals surface area contributed by atoms with Gasteiger partial charge in [0, 0.05) is 0 Å². The van der Waals surface area contributed by atoms with E-state index in [1.165, 1.54) is 13.3 Å². The predicted molar refractivity (Wildman–Crippen MR) is 90.6 cm³/mol. The number of hydrogen-bond acceptors (Lipinski definition) is 7. The monoisotopic (exact) mass is 326 g/mol. The summed E-state index contributed by atoms with van der Waals surface area (Å²) in [6.45, 7) is 7.26. The van der Waals surface area contributed by atoms with Crippen molar-refractivity contribution in [3.05, 3.63) is 25.3 Å². The molecule has 0 spiro atoms. The summed E-state index contributed by atoms with van der Waals surface area (Å²) in [6, 6.07) is 0. The van der Waals surface area contributed by atoms with Crippen molar-refractivity contribution in [2.75, 3.05) is 18.4 Å². The molecular weight excluding hydrogens is 308 g/mol. The molecule has 0 amide bonds. The molecule has 8 nitrogen and oxygen atoms in total. The van der Waals surface area contributed by atoms with Crippen molar-refractivity contribution in [3.63, 3.8) is 0 Å². The average molecular weight is 326 g/mol. The first-order valence-electron chi connectivity index (χ1n) is 7.67. The number of anilines is 1. The van der Waals surface area contributed by atoms with Crippen LogP contribution in [0.5, 0.6) is 0 Å². The van der Waals surface area contributed by atoms with Gasteiger partial charge in [-0.05, 0) is 0 Å². The fourth-order valence-corrected chi connectivity index (χ4v) is 2.92. The van der Waals surface area contributed by atoms with E-state index in [0.29, 0.717) is 23.6 Å². The molecule has 1 aliphatic rings. The van der Waals surface area contributed by atoms with Crippen molar-refractivity contribution >= 4 is 31.3 Å². The molecular formula is C14H18B2N5O3. The molecule has 1 radical (unpaired) electrons. The summed E-state index contributed by atoms with van der Waals surface area (Å²) in [5, 5.41) is 12.4. The Kier molecular flexibility index (Phi) is 5.17. The Morgan fingerprint density at radius 2 is 2.38 bits per heavy atom. The molecule has 3 heterocycles. The third kappa shape index (κ3) is 2.92. The van der Waals surface area contributed by atoms with Crippen LogP contribution < -0.4 is 5.23 Å². The number of aliphatic hydroxyl groups excluding tert-OH is 1. The SMILES string of the molecule is [B]=BNc1ncnc2c1ncn2[C@@H]1O[C@H](CO)[C@@H](C)[C@H]1OCC=C. The zero-order chi connectivity index (χ0) is 17.1. The Labute approximate surface area is 141 Å². The molecule has 3 rings (SSSR count). The van der Waals surface area contributed by atoms with E-state index in [2.05, 4.69) is 26.8 Å². The molecule has 10 heteroatoms. The van der Waals surface area contributed by atoms with Gasteiger partial charge in [0.25, 0.3) is 0 Å². The fraction of sp³-hybridized carbons (Fsp3) is 0.500. The quantitative estimate of drug-likeness (QED) is 0.548. The topological polar surface area (TPSA) is 94.3 Å². The van der Waals surface area contributed by atoms with Gasteiger partial charge in [0.2, 0.25) is 0 Å². The molecule has 0 unspecified atom stereocenters. The summed E-state index contributed by atoms with van der Waals surface area (Å²) >= 11 is 0. The van der Waals surface area contributed by atoms with Crippen molar-refractivity contribution in [2.24, 2.45) is 5.92 Å². The number of aliphatic hydroxyl groups is 1. The number of nitrogens with one attached hydrogen (secondary N) is 1. The molecule has 2 aromatic heterocycles. The third-order valence-corrected chi connectivity index (χ3v) is 4.14. The first-order valence-corrected chi connectivity index (χ1v) is 7.67. The standard InChI is InChI=1S/C14H18B2N5O3/c1-3-4-23-11-8(2)9(5-22)24-14(11)21-7-19-10-12(20-16-15)17-6-18-13(10)21/h3,6-9,11,14,22H,1,4-5H2,2H3,(H,17,18,20)/t8-,9-,11-,14-/m1/s1. The van der Waals surface area contributed by atoms with Gasteiger partial charge >= 0.3 is 140 Å². The molecule has 0 bridgehead atoms. The van der Waals surface area contributed by atoms with Gasteiger partial charge in [-0.2, -0.15) is 0 Å².